The standard InChI is InChI=1S/C29H21BrN2O6/c1-36-20-8-6-16(12-19(20)30)27(33)26-24-23(25-18-5-3-2-4-15(18)10-11-31(25)26)28(34)32(29(24)35)17-7-9-21-22(13-17)38-14-37-21/h2-13,23-26H,14H2,1H3. The van der Waals surface area contributed by atoms with Gasteiger partial charge in [-0.1, -0.05) is 24.3 Å². The maximum absolute atomic E-state index is 14.1. The largest absolute Gasteiger partial charge is 0.496 e. The Morgan fingerprint density at radius 1 is 0.974 bits per heavy atom. The minimum atomic E-state index is -0.859. The summed E-state index contributed by atoms with van der Waals surface area (Å²) in [5.74, 6) is -0.917. The Morgan fingerprint density at radius 2 is 1.76 bits per heavy atom. The lowest BCUT2D eigenvalue weighted by Crippen LogP contribution is -2.44. The van der Waals surface area contributed by atoms with Crippen LogP contribution in [0, 0.1) is 11.8 Å². The Morgan fingerprint density at radius 3 is 2.58 bits per heavy atom. The van der Waals surface area contributed by atoms with Crippen molar-refractivity contribution in [1.29, 1.82) is 0 Å². The minimum Gasteiger partial charge on any atom is -0.496 e. The fourth-order valence-electron chi connectivity index (χ4n) is 6.13. The van der Waals surface area contributed by atoms with Crippen LogP contribution in [0.15, 0.2) is 71.3 Å². The van der Waals surface area contributed by atoms with Crippen molar-refractivity contribution in [3.05, 3.63) is 88.0 Å². The van der Waals surface area contributed by atoms with Crippen molar-refractivity contribution in [1.82, 2.24) is 4.90 Å². The van der Waals surface area contributed by atoms with Crippen LogP contribution in [0.4, 0.5) is 5.69 Å². The molecule has 0 N–H and O–H groups in total. The average molecular weight is 573 g/mol. The number of amides is 2. The highest BCUT2D eigenvalue weighted by atomic mass is 79.9. The SMILES string of the molecule is COc1ccc(C(=O)C2C3C(=O)N(c4ccc5c(c4)OCO5)C(=O)C3C3c4ccccc4C=CN23)cc1Br. The molecule has 0 bridgehead atoms. The second-order valence-electron chi connectivity index (χ2n) is 9.60. The zero-order valence-corrected chi connectivity index (χ0v) is 21.8. The minimum absolute atomic E-state index is 0.0834. The lowest BCUT2D eigenvalue weighted by atomic mass is 9.83. The number of methoxy groups -OCH3 is 1. The molecule has 7 rings (SSSR count). The van der Waals surface area contributed by atoms with Crippen LogP contribution in [-0.4, -0.2) is 42.4 Å². The van der Waals surface area contributed by atoms with Crippen LogP contribution in [0.3, 0.4) is 0 Å². The molecule has 8 nitrogen and oxygen atoms in total. The molecule has 2 fully saturated rings. The van der Waals surface area contributed by atoms with E-state index in [1.54, 1.807) is 43.5 Å². The molecular weight excluding hydrogens is 552 g/mol. The first kappa shape index (κ1) is 23.0. The van der Waals surface area contributed by atoms with E-state index in [0.29, 0.717) is 33.0 Å². The van der Waals surface area contributed by atoms with Gasteiger partial charge in [-0.2, -0.15) is 0 Å². The molecule has 190 valence electrons. The van der Waals surface area contributed by atoms with Gasteiger partial charge in [0, 0.05) is 17.8 Å². The second kappa shape index (κ2) is 8.46. The smallest absolute Gasteiger partial charge is 0.240 e. The molecule has 9 heteroatoms. The van der Waals surface area contributed by atoms with Crippen molar-refractivity contribution in [3.8, 4) is 17.2 Å². The summed E-state index contributed by atoms with van der Waals surface area (Å²) in [6.45, 7) is 0.0834. The Hall–Kier alpha value is -4.11. The molecule has 3 aromatic rings. The number of rotatable bonds is 4. The number of anilines is 1. The number of halogens is 1. The number of nitrogens with zero attached hydrogens (tertiary/aromatic N) is 2. The van der Waals surface area contributed by atoms with E-state index in [1.165, 1.54) is 4.90 Å². The Balaban J connectivity index is 1.35. The number of hydrogen-bond acceptors (Lipinski definition) is 7. The van der Waals surface area contributed by atoms with E-state index in [0.717, 1.165) is 11.1 Å². The molecular formula is C29H21BrN2O6. The Bertz CT molecular complexity index is 1570. The molecule has 4 aliphatic heterocycles. The third-order valence-electron chi connectivity index (χ3n) is 7.78. The van der Waals surface area contributed by atoms with E-state index in [4.69, 9.17) is 14.2 Å². The van der Waals surface area contributed by atoms with Crippen molar-refractivity contribution in [3.63, 3.8) is 0 Å². The lowest BCUT2D eigenvalue weighted by molar-refractivity contribution is -0.123. The van der Waals surface area contributed by atoms with Gasteiger partial charge in [-0.15, -0.1) is 0 Å². The van der Waals surface area contributed by atoms with Gasteiger partial charge >= 0.3 is 0 Å². The maximum atomic E-state index is 14.1. The predicted molar refractivity (Wildman–Crippen MR) is 141 cm³/mol. The normalized spacial score (nSPS) is 24.4. The van der Waals surface area contributed by atoms with Crippen molar-refractivity contribution in [2.24, 2.45) is 11.8 Å². The molecule has 4 heterocycles. The molecule has 0 aromatic heterocycles. The van der Waals surface area contributed by atoms with Crippen LogP contribution in [0.5, 0.6) is 17.2 Å². The molecule has 0 aliphatic carbocycles. The van der Waals surface area contributed by atoms with Gasteiger partial charge in [0.1, 0.15) is 11.8 Å². The van der Waals surface area contributed by atoms with Crippen LogP contribution in [0.2, 0.25) is 0 Å². The molecule has 0 spiro atoms. The summed E-state index contributed by atoms with van der Waals surface area (Å²) in [6, 6.07) is 16.6. The Labute approximate surface area is 226 Å². The van der Waals surface area contributed by atoms with Crippen LogP contribution < -0.4 is 19.1 Å². The third kappa shape index (κ3) is 3.18. The van der Waals surface area contributed by atoms with Crippen LogP contribution in [0.1, 0.15) is 27.5 Å². The first-order chi connectivity index (χ1) is 18.5. The molecule has 2 amide bonds. The molecule has 4 aliphatic rings. The first-order valence-electron chi connectivity index (χ1n) is 12.2. The number of fused-ring (bicyclic) bond motifs is 6. The van der Waals surface area contributed by atoms with Gasteiger partial charge in [0.15, 0.2) is 17.3 Å². The maximum Gasteiger partial charge on any atom is 0.240 e. The summed E-state index contributed by atoms with van der Waals surface area (Å²) in [6.07, 6.45) is 3.78. The van der Waals surface area contributed by atoms with Crippen LogP contribution in [0.25, 0.3) is 6.08 Å². The number of ether oxygens (including phenoxy) is 3. The average Bonchev–Trinajstić information content (AvgIpc) is 3.61. The van der Waals surface area contributed by atoms with Gasteiger partial charge in [0.05, 0.1) is 35.1 Å². The van der Waals surface area contributed by atoms with Crippen molar-refractivity contribution in [2.75, 3.05) is 18.8 Å². The monoisotopic (exact) mass is 572 g/mol. The predicted octanol–water partition coefficient (Wildman–Crippen LogP) is 4.58. The summed E-state index contributed by atoms with van der Waals surface area (Å²) < 4.78 is 16.8. The topological polar surface area (TPSA) is 85.4 Å². The summed E-state index contributed by atoms with van der Waals surface area (Å²) in [5, 5.41) is 0. The van der Waals surface area contributed by atoms with E-state index >= 15 is 0 Å². The highest BCUT2D eigenvalue weighted by Gasteiger charge is 2.64. The van der Waals surface area contributed by atoms with E-state index in [2.05, 4.69) is 15.9 Å². The molecule has 4 atom stereocenters. The lowest BCUT2D eigenvalue weighted by Gasteiger charge is -2.35. The van der Waals surface area contributed by atoms with Gasteiger partial charge in [0.25, 0.3) is 0 Å². The quantitative estimate of drug-likeness (QED) is 0.334. The number of imide groups is 1. The van der Waals surface area contributed by atoms with Gasteiger partial charge < -0.3 is 19.1 Å². The first-order valence-corrected chi connectivity index (χ1v) is 13.0. The van der Waals surface area contributed by atoms with Gasteiger partial charge in [-0.3, -0.25) is 14.4 Å². The number of hydrogen-bond donors (Lipinski definition) is 0. The van der Waals surface area contributed by atoms with E-state index < -0.39 is 29.8 Å². The number of carbonyl (C=O) groups excluding carboxylic acids is 3. The molecule has 0 saturated carbocycles. The third-order valence-corrected chi connectivity index (χ3v) is 8.40. The van der Waals surface area contributed by atoms with Gasteiger partial charge in [-0.05, 0) is 63.5 Å². The fraction of sp³-hybridized carbons (Fsp3) is 0.207. The summed E-state index contributed by atoms with van der Waals surface area (Å²) in [5.41, 5.74) is 2.72. The molecule has 0 radical (unpaired) electrons. The number of ketones is 1. The highest BCUT2D eigenvalue weighted by molar-refractivity contribution is 9.10. The van der Waals surface area contributed by atoms with Crippen LogP contribution >= 0.6 is 15.9 Å². The number of Topliss-reactive ketones (excluding diaryl/α,β-unsaturated/α-hetero) is 1. The van der Waals surface area contributed by atoms with Gasteiger partial charge in [0.2, 0.25) is 18.6 Å². The van der Waals surface area contributed by atoms with Crippen LogP contribution in [-0.2, 0) is 9.59 Å². The highest BCUT2D eigenvalue weighted by Crippen LogP contribution is 2.54. The van der Waals surface area contributed by atoms with Gasteiger partial charge in [-0.25, -0.2) is 4.90 Å². The molecule has 4 unspecified atom stereocenters. The summed E-state index contributed by atoms with van der Waals surface area (Å²) in [4.78, 5) is 45.3. The fourth-order valence-corrected chi connectivity index (χ4v) is 6.67. The van der Waals surface area contributed by atoms with E-state index in [-0.39, 0.29) is 18.5 Å². The molecule has 2 saturated heterocycles. The van der Waals surface area contributed by atoms with Crippen molar-refractivity contribution in [2.45, 2.75) is 12.1 Å². The molecule has 3 aromatic carbocycles. The summed E-state index contributed by atoms with van der Waals surface area (Å²) >= 11 is 3.46. The Kier molecular flexibility index (Phi) is 5.13. The summed E-state index contributed by atoms with van der Waals surface area (Å²) in [7, 11) is 1.55. The van der Waals surface area contributed by atoms with Crippen molar-refractivity contribution < 1.29 is 28.6 Å². The zero-order chi connectivity index (χ0) is 26.1. The molecule has 38 heavy (non-hydrogen) atoms. The number of benzene rings is 3. The zero-order valence-electron chi connectivity index (χ0n) is 20.2. The van der Waals surface area contributed by atoms with Crippen molar-refractivity contribution >= 4 is 45.3 Å². The van der Waals surface area contributed by atoms with E-state index in [1.807, 2.05) is 41.4 Å². The number of carbonyl (C=O) groups is 3. The van der Waals surface area contributed by atoms with E-state index in [9.17, 15) is 14.4 Å². The second-order valence-corrected chi connectivity index (χ2v) is 10.5.